The fraction of sp³-hybridized carbons (Fsp3) is 0.524. The Morgan fingerprint density at radius 3 is 2.26 bits per heavy atom. The number of rotatable bonds is 10. The van der Waals surface area contributed by atoms with Crippen molar-refractivity contribution in [3.63, 3.8) is 0 Å². The number of pyridine rings is 1. The molecule has 1 unspecified atom stereocenters. The van der Waals surface area contributed by atoms with Crippen LogP contribution in [0.4, 0.5) is 17.5 Å². The maximum absolute atomic E-state index is 13.1. The SMILES string of the molecule is CN(C)C(=O)c1cc2cnc(Nc3ccc(CCN4CCC(C5CCN(c6ccc(C7CCC(=O)NC7=O)cc6)CC5)CC4)cn3)nc2n1C1CCCC1. The first-order valence-corrected chi connectivity index (χ1v) is 20.0. The molecule has 0 radical (unpaired) electrons. The lowest BCUT2D eigenvalue weighted by atomic mass is 9.78. The highest BCUT2D eigenvalue weighted by Crippen LogP contribution is 2.36. The maximum atomic E-state index is 13.1. The van der Waals surface area contributed by atoms with Crippen LogP contribution in [0.5, 0.6) is 0 Å². The molecule has 12 heteroatoms. The van der Waals surface area contributed by atoms with Crippen molar-refractivity contribution in [3.05, 3.63) is 71.7 Å². The third-order valence-electron chi connectivity index (χ3n) is 12.4. The molecule has 1 aromatic carbocycles. The van der Waals surface area contributed by atoms with Crippen LogP contribution >= 0.6 is 0 Å². The fourth-order valence-corrected chi connectivity index (χ4v) is 9.25. The highest BCUT2D eigenvalue weighted by atomic mass is 16.2. The molecule has 4 aliphatic rings. The van der Waals surface area contributed by atoms with Crippen molar-refractivity contribution in [2.45, 2.75) is 82.6 Å². The molecule has 1 atom stereocenters. The largest absolute Gasteiger partial charge is 0.372 e. The minimum atomic E-state index is -0.228. The van der Waals surface area contributed by atoms with Crippen LogP contribution in [0.25, 0.3) is 11.0 Å². The third-order valence-corrected chi connectivity index (χ3v) is 12.4. The molecule has 6 heterocycles. The van der Waals surface area contributed by atoms with Gasteiger partial charge in [-0.3, -0.25) is 19.7 Å². The molecule has 0 spiro atoms. The van der Waals surface area contributed by atoms with Gasteiger partial charge in [0.05, 0.1) is 5.92 Å². The number of fused-ring (bicyclic) bond motifs is 1. The Hall–Kier alpha value is -4.84. The topological polar surface area (TPSA) is 129 Å². The maximum Gasteiger partial charge on any atom is 0.270 e. The van der Waals surface area contributed by atoms with Crippen LogP contribution in [0, 0.1) is 11.8 Å². The Bertz CT molecular complexity index is 1950. The molecule has 1 aliphatic carbocycles. The minimum absolute atomic E-state index is 0.0115. The molecule has 0 bridgehead atoms. The second-order valence-electron chi connectivity index (χ2n) is 16.0. The van der Waals surface area contributed by atoms with E-state index in [0.717, 1.165) is 80.4 Å². The second-order valence-corrected chi connectivity index (χ2v) is 16.0. The Balaban J connectivity index is 0.789. The van der Waals surface area contributed by atoms with Gasteiger partial charge in [0.15, 0.2) is 0 Å². The monoisotopic (exact) mass is 731 g/mol. The van der Waals surface area contributed by atoms with Gasteiger partial charge in [0.1, 0.15) is 17.2 Å². The molecule has 4 fully saturated rings. The Morgan fingerprint density at radius 2 is 1.59 bits per heavy atom. The minimum Gasteiger partial charge on any atom is -0.372 e. The number of piperidine rings is 3. The summed E-state index contributed by atoms with van der Waals surface area (Å²) in [4.78, 5) is 57.7. The van der Waals surface area contributed by atoms with Gasteiger partial charge in [-0.15, -0.1) is 0 Å². The van der Waals surface area contributed by atoms with Crippen LogP contribution in [0.2, 0.25) is 0 Å². The molecule has 284 valence electrons. The number of hydrogen-bond acceptors (Lipinski definition) is 9. The summed E-state index contributed by atoms with van der Waals surface area (Å²) < 4.78 is 2.13. The number of hydrogen-bond donors (Lipinski definition) is 2. The lowest BCUT2D eigenvalue weighted by Crippen LogP contribution is -2.41. The van der Waals surface area contributed by atoms with Gasteiger partial charge in [0, 0.05) is 69.7 Å². The summed E-state index contributed by atoms with van der Waals surface area (Å²) in [5.74, 6) is 2.19. The number of imide groups is 1. The van der Waals surface area contributed by atoms with Crippen molar-refractivity contribution in [1.29, 1.82) is 0 Å². The van der Waals surface area contributed by atoms with E-state index in [0.29, 0.717) is 30.3 Å². The molecule has 2 N–H and O–H groups in total. The normalized spacial score (nSPS) is 20.8. The number of anilines is 3. The molecule has 54 heavy (non-hydrogen) atoms. The van der Waals surface area contributed by atoms with Crippen LogP contribution in [0.3, 0.4) is 0 Å². The van der Waals surface area contributed by atoms with Crippen LogP contribution < -0.4 is 15.5 Å². The van der Waals surface area contributed by atoms with Crippen molar-refractivity contribution in [1.82, 2.24) is 34.6 Å². The molecule has 3 amide bonds. The van der Waals surface area contributed by atoms with Gasteiger partial charge in [0.25, 0.3) is 5.91 Å². The van der Waals surface area contributed by atoms with E-state index >= 15 is 0 Å². The third kappa shape index (κ3) is 7.85. The summed E-state index contributed by atoms with van der Waals surface area (Å²) >= 11 is 0. The fourth-order valence-electron chi connectivity index (χ4n) is 9.25. The Morgan fingerprint density at radius 1 is 0.870 bits per heavy atom. The van der Waals surface area contributed by atoms with Gasteiger partial charge in [0.2, 0.25) is 17.8 Å². The Labute approximate surface area is 317 Å². The number of likely N-dealkylation sites (tertiary alicyclic amines) is 1. The van der Waals surface area contributed by atoms with Gasteiger partial charge >= 0.3 is 0 Å². The van der Waals surface area contributed by atoms with Gasteiger partial charge in [-0.1, -0.05) is 31.0 Å². The van der Waals surface area contributed by atoms with Gasteiger partial charge in [-0.2, -0.15) is 4.98 Å². The van der Waals surface area contributed by atoms with Crippen LogP contribution in [0.1, 0.15) is 97.8 Å². The standard InChI is InChI=1S/C42H53N9O3/c1-48(2)41(54)36-25-32-27-44-42(47-39(32)51(36)34-5-3-4-6-34)45-37-13-7-28(26-43-37)15-20-49-21-16-29(17-22-49)30-18-23-50(24-19-30)33-10-8-31(9-11-33)35-12-14-38(52)46-40(35)53/h7-11,13,25-27,29-30,34-35H,3-6,12,14-24H2,1-2H3,(H,46,52,53)(H,43,44,45,47). The number of nitrogens with one attached hydrogen (secondary N) is 2. The average Bonchev–Trinajstić information content (AvgIpc) is 3.86. The summed E-state index contributed by atoms with van der Waals surface area (Å²) in [6.07, 6.45) is 15.2. The predicted molar refractivity (Wildman–Crippen MR) is 210 cm³/mol. The molecule has 4 aromatic rings. The molecule has 3 saturated heterocycles. The van der Waals surface area contributed by atoms with E-state index in [1.807, 2.05) is 18.3 Å². The van der Waals surface area contributed by atoms with Crippen LogP contribution in [0.15, 0.2) is 54.9 Å². The first kappa shape index (κ1) is 36.2. The number of amides is 3. The van der Waals surface area contributed by atoms with Crippen molar-refractivity contribution < 1.29 is 14.4 Å². The van der Waals surface area contributed by atoms with Crippen LogP contribution in [-0.4, -0.2) is 93.9 Å². The van der Waals surface area contributed by atoms with E-state index in [4.69, 9.17) is 9.97 Å². The molecule has 3 aliphatic heterocycles. The van der Waals surface area contributed by atoms with E-state index in [9.17, 15) is 14.4 Å². The van der Waals surface area contributed by atoms with Crippen molar-refractivity contribution in [2.24, 2.45) is 11.8 Å². The molecule has 12 nitrogen and oxygen atoms in total. The lowest BCUT2D eigenvalue weighted by molar-refractivity contribution is -0.134. The molecule has 8 rings (SSSR count). The quantitative estimate of drug-likeness (QED) is 0.187. The second kappa shape index (κ2) is 15.9. The highest BCUT2D eigenvalue weighted by molar-refractivity contribution is 6.01. The average molecular weight is 732 g/mol. The Kier molecular flexibility index (Phi) is 10.6. The predicted octanol–water partition coefficient (Wildman–Crippen LogP) is 6.08. The first-order valence-electron chi connectivity index (χ1n) is 20.0. The van der Waals surface area contributed by atoms with Crippen molar-refractivity contribution in [2.75, 3.05) is 57.0 Å². The summed E-state index contributed by atoms with van der Waals surface area (Å²) in [5.41, 5.74) is 4.92. The zero-order chi connectivity index (χ0) is 37.2. The first-order chi connectivity index (χ1) is 26.3. The zero-order valence-electron chi connectivity index (χ0n) is 31.7. The van der Waals surface area contributed by atoms with Gasteiger partial charge < -0.3 is 24.6 Å². The highest BCUT2D eigenvalue weighted by Gasteiger charge is 2.31. The van der Waals surface area contributed by atoms with Crippen molar-refractivity contribution >= 4 is 46.2 Å². The number of benzene rings is 1. The summed E-state index contributed by atoms with van der Waals surface area (Å²) in [6.45, 7) is 5.51. The molecular weight excluding hydrogens is 679 g/mol. The number of aromatic nitrogens is 4. The van der Waals surface area contributed by atoms with Gasteiger partial charge in [-0.05, 0) is 112 Å². The molecule has 3 aromatic heterocycles. The van der Waals surface area contributed by atoms with Crippen LogP contribution in [-0.2, 0) is 16.0 Å². The van der Waals surface area contributed by atoms with E-state index in [1.165, 1.54) is 49.8 Å². The number of carbonyl (C=O) groups is 3. The van der Waals surface area contributed by atoms with Gasteiger partial charge in [-0.25, -0.2) is 9.97 Å². The van der Waals surface area contributed by atoms with E-state index in [-0.39, 0.29) is 29.7 Å². The van der Waals surface area contributed by atoms with E-state index < -0.39 is 0 Å². The summed E-state index contributed by atoms with van der Waals surface area (Å²) in [6, 6.07) is 14.8. The zero-order valence-corrected chi connectivity index (χ0v) is 31.7. The number of carbonyl (C=O) groups excluding carboxylic acids is 3. The summed E-state index contributed by atoms with van der Waals surface area (Å²) in [7, 11) is 3.58. The van der Waals surface area contributed by atoms with E-state index in [1.54, 1.807) is 25.2 Å². The smallest absolute Gasteiger partial charge is 0.270 e. The van der Waals surface area contributed by atoms with E-state index in [2.05, 4.69) is 60.3 Å². The van der Waals surface area contributed by atoms with Crippen molar-refractivity contribution in [3.8, 4) is 0 Å². The number of nitrogens with zero attached hydrogens (tertiary/aromatic N) is 7. The molecule has 1 saturated carbocycles. The summed E-state index contributed by atoms with van der Waals surface area (Å²) in [5, 5.41) is 6.65. The lowest BCUT2D eigenvalue weighted by Gasteiger charge is -2.41. The molecular formula is C42H53N9O3.